The van der Waals surface area contributed by atoms with Gasteiger partial charge in [-0.1, -0.05) is 13.8 Å². The maximum Gasteiger partial charge on any atom is 0.354 e. The summed E-state index contributed by atoms with van der Waals surface area (Å²) in [6.45, 7) is 8.73. The van der Waals surface area contributed by atoms with E-state index < -0.39 is 5.97 Å². The average Bonchev–Trinajstić information content (AvgIpc) is 3.33. The van der Waals surface area contributed by atoms with E-state index in [0.29, 0.717) is 24.9 Å². The second-order valence-corrected chi connectivity index (χ2v) is 9.61. The van der Waals surface area contributed by atoms with Gasteiger partial charge < -0.3 is 24.4 Å². The molecule has 0 aliphatic carbocycles. The van der Waals surface area contributed by atoms with Crippen LogP contribution in [0.4, 0.5) is 11.4 Å². The van der Waals surface area contributed by atoms with Crippen LogP contribution in [-0.4, -0.2) is 78.9 Å². The Morgan fingerprint density at radius 2 is 1.83 bits per heavy atom. The van der Waals surface area contributed by atoms with Crippen molar-refractivity contribution in [2.75, 3.05) is 56.4 Å². The first-order chi connectivity index (χ1) is 16.9. The Morgan fingerprint density at radius 1 is 1.11 bits per heavy atom. The lowest BCUT2D eigenvalue weighted by molar-refractivity contribution is 0.0691. The maximum absolute atomic E-state index is 12.0. The van der Waals surface area contributed by atoms with Gasteiger partial charge in [-0.25, -0.2) is 9.78 Å². The summed E-state index contributed by atoms with van der Waals surface area (Å²) in [5.74, 6) is -0.888. The van der Waals surface area contributed by atoms with Crippen molar-refractivity contribution in [1.82, 2.24) is 15.2 Å². The number of carboxylic acids is 1. The van der Waals surface area contributed by atoms with Crippen molar-refractivity contribution in [3.8, 4) is 11.1 Å². The summed E-state index contributed by atoms with van der Waals surface area (Å²) in [6.07, 6.45) is 1.91. The molecule has 1 aromatic carbocycles. The number of aromatic nitrogens is 3. The van der Waals surface area contributed by atoms with Gasteiger partial charge in [0, 0.05) is 62.0 Å². The molecule has 0 spiro atoms. The number of rotatable bonds is 6. The first-order valence-corrected chi connectivity index (χ1v) is 12.3. The monoisotopic (exact) mass is 479 g/mol. The van der Waals surface area contributed by atoms with Crippen LogP contribution in [0.15, 0.2) is 24.3 Å². The molecule has 2 aromatic heterocycles. The quantitative estimate of drug-likeness (QED) is 0.549. The van der Waals surface area contributed by atoms with Gasteiger partial charge in [0.2, 0.25) is 0 Å². The molecule has 9 nitrogen and oxygen atoms in total. The molecule has 0 saturated carbocycles. The Balaban J connectivity index is 1.73. The lowest BCUT2D eigenvalue weighted by atomic mass is 9.94. The fraction of sp³-hybridized carbons (Fsp3) is 0.500. The lowest BCUT2D eigenvalue weighted by Gasteiger charge is -2.35. The van der Waals surface area contributed by atoms with E-state index in [0.717, 1.165) is 72.7 Å². The predicted octanol–water partition coefficient (Wildman–Crippen LogP) is 3.90. The number of hydrogen-bond donors (Lipinski definition) is 2. The topological polar surface area (TPSA) is 104 Å². The zero-order chi connectivity index (χ0) is 24.5. The highest BCUT2D eigenvalue weighted by Crippen LogP contribution is 2.41. The smallest absolute Gasteiger partial charge is 0.354 e. The van der Waals surface area contributed by atoms with Crippen LogP contribution in [0.25, 0.3) is 22.2 Å². The molecule has 2 N–H and O–H groups in total. The van der Waals surface area contributed by atoms with E-state index in [-0.39, 0.29) is 11.6 Å². The van der Waals surface area contributed by atoms with Gasteiger partial charge in [0.05, 0.1) is 18.6 Å². The molecule has 2 fully saturated rings. The highest BCUT2D eigenvalue weighted by atomic mass is 16.5. The van der Waals surface area contributed by atoms with Crippen LogP contribution in [0.3, 0.4) is 0 Å². The zero-order valence-electron chi connectivity index (χ0n) is 20.6. The first kappa shape index (κ1) is 23.6. The van der Waals surface area contributed by atoms with Gasteiger partial charge in [0.1, 0.15) is 0 Å². The van der Waals surface area contributed by atoms with Crippen LogP contribution in [0.5, 0.6) is 0 Å². The molecule has 2 saturated heterocycles. The number of carboxylic acid groups (broad SMARTS) is 1. The van der Waals surface area contributed by atoms with Crippen molar-refractivity contribution < 1.29 is 19.4 Å². The average molecular weight is 480 g/mol. The third-order valence-corrected chi connectivity index (χ3v) is 7.11. The number of benzene rings is 1. The number of morpholine rings is 1. The number of nitrogens with zero attached hydrogens (tertiary/aromatic N) is 4. The first-order valence-electron chi connectivity index (χ1n) is 12.3. The van der Waals surface area contributed by atoms with Crippen LogP contribution < -0.4 is 9.80 Å². The molecule has 3 aromatic rings. The molecular formula is C26H33N5O4. The largest absolute Gasteiger partial charge is 0.477 e. The Bertz CT molecular complexity index is 1210. The third kappa shape index (κ3) is 4.58. The summed E-state index contributed by atoms with van der Waals surface area (Å²) in [4.78, 5) is 21.0. The van der Waals surface area contributed by atoms with Gasteiger partial charge in [0.15, 0.2) is 11.3 Å². The number of aromatic carboxylic acids is 1. The van der Waals surface area contributed by atoms with Gasteiger partial charge >= 0.3 is 5.97 Å². The van der Waals surface area contributed by atoms with E-state index in [2.05, 4.69) is 64.1 Å². The Labute approximate surface area is 205 Å². The second kappa shape index (κ2) is 9.83. The van der Waals surface area contributed by atoms with Crippen molar-refractivity contribution in [3.63, 3.8) is 0 Å². The summed E-state index contributed by atoms with van der Waals surface area (Å²) in [7, 11) is 2.12. The van der Waals surface area contributed by atoms with Gasteiger partial charge in [-0.15, -0.1) is 0 Å². The van der Waals surface area contributed by atoms with E-state index in [1.165, 1.54) is 0 Å². The summed E-state index contributed by atoms with van der Waals surface area (Å²) in [6, 6.07) is 8.56. The molecule has 4 heterocycles. The van der Waals surface area contributed by atoms with Crippen molar-refractivity contribution in [3.05, 3.63) is 35.7 Å². The van der Waals surface area contributed by atoms with Crippen LogP contribution in [0.2, 0.25) is 0 Å². The number of anilines is 2. The predicted molar refractivity (Wildman–Crippen MR) is 136 cm³/mol. The molecule has 2 aliphatic heterocycles. The number of hydrogen-bond acceptors (Lipinski definition) is 7. The van der Waals surface area contributed by atoms with Gasteiger partial charge in [0.25, 0.3) is 0 Å². The van der Waals surface area contributed by atoms with E-state index in [1.807, 2.05) is 0 Å². The molecular weight excluding hydrogens is 446 g/mol. The van der Waals surface area contributed by atoms with Crippen molar-refractivity contribution in [2.45, 2.75) is 38.6 Å². The number of aromatic amines is 1. The fourth-order valence-corrected chi connectivity index (χ4v) is 5.12. The van der Waals surface area contributed by atoms with Gasteiger partial charge in [-0.2, -0.15) is 5.10 Å². The van der Waals surface area contributed by atoms with Crippen molar-refractivity contribution >= 4 is 28.4 Å². The number of fused-ring (bicyclic) bond motifs is 1. The second-order valence-electron chi connectivity index (χ2n) is 9.61. The molecule has 35 heavy (non-hydrogen) atoms. The molecule has 0 atom stereocenters. The molecule has 0 unspecified atom stereocenters. The Kier molecular flexibility index (Phi) is 6.62. The number of ether oxygens (including phenoxy) is 2. The zero-order valence-corrected chi connectivity index (χ0v) is 20.6. The third-order valence-electron chi connectivity index (χ3n) is 7.11. The molecule has 0 radical (unpaired) electrons. The summed E-state index contributed by atoms with van der Waals surface area (Å²) in [5.41, 5.74) is 5.37. The minimum atomic E-state index is -1.06. The van der Waals surface area contributed by atoms with Crippen LogP contribution >= 0.6 is 0 Å². The van der Waals surface area contributed by atoms with E-state index in [4.69, 9.17) is 9.47 Å². The summed E-state index contributed by atoms with van der Waals surface area (Å²) in [5, 5.41) is 18.2. The maximum atomic E-state index is 12.0. The van der Waals surface area contributed by atoms with Gasteiger partial charge in [-0.05, 0) is 48.6 Å². The van der Waals surface area contributed by atoms with Crippen LogP contribution in [0.1, 0.15) is 48.8 Å². The molecule has 9 heteroatoms. The normalized spacial score (nSPS) is 17.3. The van der Waals surface area contributed by atoms with E-state index in [9.17, 15) is 9.90 Å². The fourth-order valence-electron chi connectivity index (χ4n) is 5.12. The standard InChI is InChI=1S/C26H33N5O4/c1-16(2)24-23-20(15-21(26(32)33)27-25(23)29-28-24)19-14-18(31-8-12-35-13-9-31)4-5-22(19)30(3)17-6-10-34-11-7-17/h4-5,14-17H,6-13H2,1-3H3,(H,32,33)(H,27,28,29). The minimum Gasteiger partial charge on any atom is -0.477 e. The Morgan fingerprint density at radius 3 is 2.51 bits per heavy atom. The molecule has 186 valence electrons. The van der Waals surface area contributed by atoms with E-state index >= 15 is 0 Å². The highest BCUT2D eigenvalue weighted by molar-refractivity contribution is 6.02. The lowest BCUT2D eigenvalue weighted by Crippen LogP contribution is -2.37. The molecule has 0 amide bonds. The van der Waals surface area contributed by atoms with Crippen molar-refractivity contribution in [2.24, 2.45) is 0 Å². The Hall–Kier alpha value is -3.17. The molecule has 5 rings (SSSR count). The van der Waals surface area contributed by atoms with Gasteiger partial charge in [-0.3, -0.25) is 5.10 Å². The molecule has 0 bridgehead atoms. The minimum absolute atomic E-state index is 0.00856. The SMILES string of the molecule is CC(C)c1[nH]nc2nc(C(=O)O)cc(-c3cc(N4CCOCC4)ccc3N(C)C3CCOCC3)c12. The summed E-state index contributed by atoms with van der Waals surface area (Å²) < 4.78 is 11.2. The van der Waals surface area contributed by atoms with E-state index in [1.54, 1.807) is 6.07 Å². The summed E-state index contributed by atoms with van der Waals surface area (Å²) >= 11 is 0. The number of carbonyl (C=O) groups is 1. The molecule has 2 aliphatic rings. The number of pyridine rings is 1. The number of nitrogens with one attached hydrogen (secondary N) is 1. The highest BCUT2D eigenvalue weighted by Gasteiger charge is 2.26. The van der Waals surface area contributed by atoms with Crippen LogP contribution in [0, 0.1) is 0 Å². The number of H-pyrrole nitrogens is 1. The van der Waals surface area contributed by atoms with Crippen molar-refractivity contribution in [1.29, 1.82) is 0 Å². The van der Waals surface area contributed by atoms with Crippen LogP contribution in [-0.2, 0) is 9.47 Å².